The Labute approximate surface area is 1200 Å². The molecule has 0 bridgehead atoms. The van der Waals surface area contributed by atoms with Gasteiger partial charge in [0.15, 0.2) is 0 Å². The van der Waals surface area contributed by atoms with Crippen LogP contribution in [0.25, 0.3) is 0 Å². The zero-order chi connectivity index (χ0) is 114. The van der Waals surface area contributed by atoms with Crippen molar-refractivity contribution in [1.29, 1.82) is 0 Å². The minimum absolute atomic E-state index is 0. The number of thioether (sulfide) groups is 4. The molecule has 0 fully saturated rings. The summed E-state index contributed by atoms with van der Waals surface area (Å²) in [5.41, 5.74) is 0. The second-order valence-corrected chi connectivity index (χ2v) is 36.8. The maximum atomic E-state index is 10.5. The predicted octanol–water partition coefficient (Wildman–Crippen LogP) is 26.3. The number of ether oxygens (including phenoxy) is 5. The molecule has 0 aliphatic heterocycles. The van der Waals surface area contributed by atoms with Crippen molar-refractivity contribution in [2.75, 3.05) is 76.7 Å². The molecule has 3 N–H and O–H groups in total. The number of carbonyl (C=O) groups excluding carboxylic acids is 16. The number of esters is 5. The molecule has 872 valence electrons. The molecule has 0 aromatic heterocycles. The second kappa shape index (κ2) is 224. The number of ketones is 8. The molecule has 0 saturated heterocycles. The number of unbranched alkanes of at least 4 members (excludes halogenated alkanes) is 8. The van der Waals surface area contributed by atoms with Crippen LogP contribution in [0.3, 0.4) is 0 Å². The first-order chi connectivity index (χ1) is 65.3. The Bertz CT molecular complexity index is 2290. The molecule has 2 atom stereocenters. The van der Waals surface area contributed by atoms with Gasteiger partial charge in [-0.3, -0.25) is 47.9 Å². The molecule has 8 radical (unpaired) electrons. The van der Waals surface area contributed by atoms with Gasteiger partial charge in [-0.25, -0.2) is 0 Å². The maximum absolute atomic E-state index is 10.5. The van der Waals surface area contributed by atoms with Gasteiger partial charge in [0.05, 0.1) is 68.7 Å². The average molecular weight is 2960 g/mol. The van der Waals surface area contributed by atoms with Crippen LogP contribution < -0.4 is 16.0 Å². The van der Waals surface area contributed by atoms with E-state index in [9.17, 15) is 76.7 Å². The Kier molecular flexibility index (Phi) is 352. The number of rotatable bonds is 50. The third-order valence-corrected chi connectivity index (χ3v) is 17.4. The van der Waals surface area contributed by atoms with E-state index in [-0.39, 0.29) is 409 Å². The molecule has 38 heteroatoms. The molecule has 0 aliphatic carbocycles. The van der Waals surface area contributed by atoms with Gasteiger partial charge in [0.2, 0.25) is 17.7 Å². The quantitative estimate of drug-likeness (QED) is 0.0220. The van der Waals surface area contributed by atoms with Crippen LogP contribution in [0.2, 0.25) is 0 Å². The van der Waals surface area contributed by atoms with Crippen LogP contribution in [0.5, 0.6) is 0 Å². The summed E-state index contributed by atoms with van der Waals surface area (Å²) in [6, 6.07) is 0. The van der Waals surface area contributed by atoms with E-state index in [0.717, 1.165) is 218 Å². The third-order valence-electron chi connectivity index (χ3n) is 13.8. The summed E-state index contributed by atoms with van der Waals surface area (Å²) in [6.07, 6.45) is 26.0. The van der Waals surface area contributed by atoms with E-state index >= 15 is 0 Å². The minimum atomic E-state index is -0.216. The largest absolute Gasteiger partial charge is 3.00 e. The summed E-state index contributed by atoms with van der Waals surface area (Å²) in [7, 11) is 2.79. The van der Waals surface area contributed by atoms with Gasteiger partial charge in [-0.15, -0.1) is 74.4 Å². The molecule has 0 saturated carbocycles. The summed E-state index contributed by atoms with van der Waals surface area (Å²) in [5, 5.41) is 11.1. The van der Waals surface area contributed by atoms with Crippen molar-refractivity contribution >= 4 is 141 Å². The van der Waals surface area contributed by atoms with Gasteiger partial charge in [0.25, 0.3) is 0 Å². The molecule has 2 unspecified atom stereocenters. The topological polar surface area (TPSA) is 355 Å². The van der Waals surface area contributed by atoms with Crippen molar-refractivity contribution < 1.29 is 427 Å². The standard InChI is InChI=1S/C9H17NO.C9H16O2.2C7H13O.2C6H12NO.4C6H11O2.4C5H11S.6C4H7O.10Y/c1-4-5-8(2)6-7-10-9(3)11;1-4-5-8(2)6-7-11-9(3)10;2*1-3-5-6-7(8)4-2;2*1-3-4-5-7-6(2)8;2*1-3-4-5-6(7)8-2;2*1-3-4-5-8-6(2)7;4*1-4-6-5(2)3;6*1-3-4(2)5;;;;;;;;;;/h8H,1-2,4-7H2,3H3,(H,10,11);8H,1-2,4-7H2,3H3;2*1,3-6H2,2H3;2*1,3-5H2,2H3,(H,7,8);4*1,3-5H2,2H3;4*5H,1,4H2,2-3H3;6*1,3H2,2H3;;;;;;;;;;/q2*-2;18*-1;;;;;;;;;2*+3. The Morgan fingerprint density at radius 2 is 0.433 bits per heavy atom. The van der Waals surface area contributed by atoms with E-state index in [1.165, 1.54) is 97.3 Å². The van der Waals surface area contributed by atoms with Crippen molar-refractivity contribution in [2.24, 2.45) is 11.8 Å². The van der Waals surface area contributed by atoms with Crippen molar-refractivity contribution in [3.8, 4) is 0 Å². The van der Waals surface area contributed by atoms with Gasteiger partial charge < -0.3 is 221 Å². The summed E-state index contributed by atoms with van der Waals surface area (Å²) < 4.78 is 22.7. The SMILES string of the molecule is [CH2-]CC(C)=O.[CH2-]CC(C)=O.[CH2-]CC(C)=O.[CH2-]CC(C)=O.[CH2-]CC(C)=O.[CH2-]CC(C)=O.[CH2-]CCC([CH2-])CCNC(C)=O.[CH2-]CCC([CH2-])CCOC(C)=O.[CH2-]CCCC(=O)CC.[CH2-]CCCC(=O)CC.[CH2-]CCCC(=O)OC.[CH2-]CCCC(=O)OC.[CH2-]CCCNC(C)=O.[CH2-]CCCNC(C)=O.[CH2-]CCCOC(C)=O.[CH2-]CCCOC(C)=O.[CH2-]CSC(C)C.[CH2-]CSC(C)C.[CH2-]CSC(C)C.[CH2-]CSC(C)C.[Y+3].[Y+3].[Y].[Y].[Y].[Y].[Y].[Y].[Y].[Y]. The molecule has 3 amide bonds. The van der Waals surface area contributed by atoms with Crippen molar-refractivity contribution in [3.05, 3.63) is 152 Å². The van der Waals surface area contributed by atoms with Crippen molar-refractivity contribution in [3.63, 3.8) is 0 Å². The Hall–Kier alpha value is 5.56. The predicted molar refractivity (Wildman–Crippen MR) is 608 cm³/mol. The number of amides is 3. The first-order valence-corrected chi connectivity index (χ1v) is 52.8. The van der Waals surface area contributed by atoms with E-state index in [2.05, 4.69) is 243 Å². The maximum Gasteiger partial charge on any atom is 3.00 e. The van der Waals surface area contributed by atoms with Crippen LogP contribution in [-0.4, -0.2) is 192 Å². The van der Waals surface area contributed by atoms with Crippen LogP contribution in [0.4, 0.5) is 0 Å². The summed E-state index contributed by atoms with van der Waals surface area (Å²) in [5.74, 6) is 5.55. The zero-order valence-corrected chi connectivity index (χ0v) is 131. The van der Waals surface area contributed by atoms with Gasteiger partial charge in [-0.1, -0.05) is 114 Å². The van der Waals surface area contributed by atoms with Crippen LogP contribution in [0.15, 0.2) is 0 Å². The molecule has 150 heavy (non-hydrogen) atoms. The summed E-state index contributed by atoms with van der Waals surface area (Å²) >= 11 is 7.50. The van der Waals surface area contributed by atoms with Gasteiger partial charge in [-0.05, 0) is 81.8 Å². The van der Waals surface area contributed by atoms with E-state index in [0.29, 0.717) is 107 Å². The Balaban J connectivity index is -0.0000000361. The van der Waals surface area contributed by atoms with Crippen molar-refractivity contribution in [1.82, 2.24) is 16.0 Å². The first kappa shape index (κ1) is 236. The second-order valence-electron chi connectivity index (χ2n) is 30.0. The molecule has 24 nitrogen and oxygen atoms in total. The zero-order valence-electron chi connectivity index (χ0n) is 99.6. The van der Waals surface area contributed by atoms with Crippen LogP contribution in [0.1, 0.15) is 371 Å². The number of carbonyl (C=O) groups is 16. The van der Waals surface area contributed by atoms with Gasteiger partial charge in [0.1, 0.15) is 11.6 Å². The molecule has 0 heterocycles. The number of nitrogens with one attached hydrogen (secondary N) is 3. The fourth-order valence-electron chi connectivity index (χ4n) is 5.79. The molecule has 0 aromatic rings. The van der Waals surface area contributed by atoms with Crippen LogP contribution in [-0.2, 0) is 427 Å². The fraction of sp³-hybridized carbons (Fsp3) is 0.661. The molecule has 0 aromatic carbocycles. The first-order valence-electron chi connectivity index (χ1n) is 48.6. The third kappa shape index (κ3) is 426. The molecule has 0 rings (SSSR count). The number of Topliss-reactive ketones (excluding diaryl/α,β-unsaturated/α-hetero) is 8. The van der Waals surface area contributed by atoms with Crippen LogP contribution in [0, 0.1) is 164 Å². The van der Waals surface area contributed by atoms with Gasteiger partial charge >= 0.3 is 95.3 Å². The molecular weight excluding hydrogens is 2740 g/mol. The van der Waals surface area contributed by atoms with E-state index in [4.69, 9.17) is 4.74 Å². The number of methoxy groups -OCH3 is 2. The Morgan fingerprint density at radius 1 is 0.253 bits per heavy atom. The summed E-state index contributed by atoms with van der Waals surface area (Å²) in [4.78, 5) is 162. The summed E-state index contributed by atoms with van der Waals surface area (Å²) in [6.45, 7) is 122. The molecule has 0 spiro atoms. The van der Waals surface area contributed by atoms with E-state index < -0.39 is 0 Å². The Morgan fingerprint density at radius 3 is 0.573 bits per heavy atom. The van der Waals surface area contributed by atoms with Crippen LogP contribution >= 0.6 is 47.0 Å². The van der Waals surface area contributed by atoms with E-state index in [1.54, 1.807) is 0 Å². The smallest absolute Gasteiger partial charge is 0.469 e. The molecular formula is C112H213N3O21S4Y10-16. The number of hydrogen-bond acceptors (Lipinski definition) is 25. The minimum Gasteiger partial charge on any atom is -0.469 e. The molecule has 0 aliphatic rings. The van der Waals surface area contributed by atoms with E-state index in [1.807, 2.05) is 60.9 Å². The number of hydrogen-bond donors (Lipinski definition) is 3. The van der Waals surface area contributed by atoms with Gasteiger partial charge in [-0.2, -0.15) is 123 Å². The monoisotopic (exact) mass is 2950 g/mol. The van der Waals surface area contributed by atoms with Gasteiger partial charge in [0, 0.05) is 361 Å². The average Bonchev–Trinajstić information content (AvgIpc) is 1.04. The fourth-order valence-corrected chi connectivity index (χ4v) is 7.67. The van der Waals surface area contributed by atoms with Crippen molar-refractivity contribution in [2.45, 2.75) is 392 Å². The normalized spacial score (nSPS) is 8.76.